The van der Waals surface area contributed by atoms with Gasteiger partial charge in [-0.15, -0.1) is 0 Å². The molecule has 1 aromatic heterocycles. The van der Waals surface area contributed by atoms with E-state index in [0.29, 0.717) is 11.5 Å². The predicted molar refractivity (Wildman–Crippen MR) is 131 cm³/mol. The number of furan rings is 1. The zero-order valence-electron chi connectivity index (χ0n) is 18.7. The molecule has 4 aromatic rings. The molecule has 0 atom stereocenters. The molecule has 0 bridgehead atoms. The smallest absolute Gasteiger partial charge is 0.134 e. The quantitative estimate of drug-likeness (QED) is 0.288. The number of hydrogen-bond acceptors (Lipinski definition) is 6. The van der Waals surface area contributed by atoms with Crippen molar-refractivity contribution in [1.29, 1.82) is 10.5 Å². The first-order valence-corrected chi connectivity index (χ1v) is 10.5. The lowest BCUT2D eigenvalue weighted by Gasteiger charge is -2.26. The van der Waals surface area contributed by atoms with Gasteiger partial charge < -0.3 is 18.8 Å². The Labute approximate surface area is 198 Å². The van der Waals surface area contributed by atoms with E-state index in [2.05, 4.69) is 4.90 Å². The van der Waals surface area contributed by atoms with Crippen molar-refractivity contribution in [2.45, 2.75) is 0 Å². The number of ether oxygens (including phenoxy) is 2. The van der Waals surface area contributed by atoms with Crippen LogP contribution in [0.2, 0.25) is 0 Å². The van der Waals surface area contributed by atoms with Gasteiger partial charge in [0.05, 0.1) is 14.2 Å². The number of nitrogens with zero attached hydrogens (tertiary/aromatic N) is 3. The maximum atomic E-state index is 8.94. The minimum atomic E-state index is -0.00845. The molecule has 3 aromatic carbocycles. The summed E-state index contributed by atoms with van der Waals surface area (Å²) in [5.74, 6) is 2.67. The monoisotopic (exact) mass is 447 g/mol. The third kappa shape index (κ3) is 4.77. The molecule has 0 saturated heterocycles. The van der Waals surface area contributed by atoms with Crippen molar-refractivity contribution in [2.75, 3.05) is 19.1 Å². The van der Waals surface area contributed by atoms with Crippen molar-refractivity contribution in [3.63, 3.8) is 0 Å². The average molecular weight is 447 g/mol. The van der Waals surface area contributed by atoms with Gasteiger partial charge in [-0.2, -0.15) is 10.5 Å². The lowest BCUT2D eigenvalue weighted by Crippen LogP contribution is -2.09. The molecule has 0 aliphatic heterocycles. The highest BCUT2D eigenvalue weighted by molar-refractivity contribution is 5.78. The molecule has 166 valence electrons. The molecule has 0 radical (unpaired) electrons. The van der Waals surface area contributed by atoms with Gasteiger partial charge in [-0.25, -0.2) is 0 Å². The Morgan fingerprint density at radius 2 is 1.18 bits per heavy atom. The molecule has 0 spiro atoms. The Hall–Kier alpha value is -4.94. The molecule has 0 aliphatic rings. The minimum absolute atomic E-state index is 0.00845. The highest BCUT2D eigenvalue weighted by Gasteiger charge is 2.14. The molecule has 0 fully saturated rings. The van der Waals surface area contributed by atoms with Crippen molar-refractivity contribution in [1.82, 2.24) is 0 Å². The Morgan fingerprint density at radius 3 is 1.62 bits per heavy atom. The SMILES string of the molecule is COc1ccc(N(c2ccc(OC)cc2)c2ccc(-c3ccc(C=C(C#N)C#N)o3)cc2)cc1. The van der Waals surface area contributed by atoms with E-state index >= 15 is 0 Å². The van der Waals surface area contributed by atoms with Crippen molar-refractivity contribution < 1.29 is 13.9 Å². The van der Waals surface area contributed by atoms with Crippen LogP contribution in [0.15, 0.2) is 94.9 Å². The second-order valence-electron chi connectivity index (χ2n) is 7.26. The Morgan fingerprint density at radius 1 is 0.706 bits per heavy atom. The molecule has 6 nitrogen and oxygen atoms in total. The molecule has 0 N–H and O–H groups in total. The van der Waals surface area contributed by atoms with Crippen LogP contribution in [0.3, 0.4) is 0 Å². The predicted octanol–water partition coefficient (Wildman–Crippen LogP) is 6.86. The van der Waals surface area contributed by atoms with Gasteiger partial charge in [0, 0.05) is 28.7 Å². The van der Waals surface area contributed by atoms with E-state index in [1.165, 1.54) is 6.08 Å². The lowest BCUT2D eigenvalue weighted by atomic mass is 10.1. The van der Waals surface area contributed by atoms with Gasteiger partial charge in [0.25, 0.3) is 0 Å². The van der Waals surface area contributed by atoms with E-state index in [9.17, 15) is 0 Å². The highest BCUT2D eigenvalue weighted by Crippen LogP contribution is 2.37. The van der Waals surface area contributed by atoms with Crippen molar-refractivity contribution in [3.8, 4) is 35.0 Å². The second-order valence-corrected chi connectivity index (χ2v) is 7.26. The Bertz CT molecular complexity index is 1310. The third-order valence-electron chi connectivity index (χ3n) is 5.23. The molecule has 34 heavy (non-hydrogen) atoms. The molecule has 1 heterocycles. The second kappa shape index (κ2) is 10.1. The van der Waals surface area contributed by atoms with E-state index in [1.807, 2.05) is 91.0 Å². The number of nitriles is 2. The number of hydrogen-bond donors (Lipinski definition) is 0. The number of anilines is 3. The summed E-state index contributed by atoms with van der Waals surface area (Å²) in [7, 11) is 3.29. The standard InChI is InChI=1S/C28H21N3O3/c1-32-25-11-7-23(8-12-25)31(24-9-13-26(33-2)14-10-24)22-5-3-21(4-6-22)28-16-15-27(34-28)17-20(18-29)19-30/h3-17H,1-2H3. The molecule has 0 aliphatic carbocycles. The van der Waals surface area contributed by atoms with E-state index in [4.69, 9.17) is 24.4 Å². The molecule has 0 amide bonds. The summed E-state index contributed by atoms with van der Waals surface area (Å²) in [6.07, 6.45) is 1.42. The molecule has 0 saturated carbocycles. The van der Waals surface area contributed by atoms with Gasteiger partial charge >= 0.3 is 0 Å². The zero-order valence-corrected chi connectivity index (χ0v) is 18.7. The van der Waals surface area contributed by atoms with E-state index in [1.54, 1.807) is 20.3 Å². The maximum absolute atomic E-state index is 8.94. The minimum Gasteiger partial charge on any atom is -0.497 e. The van der Waals surface area contributed by atoms with Crippen LogP contribution < -0.4 is 14.4 Å². The van der Waals surface area contributed by atoms with E-state index < -0.39 is 0 Å². The van der Waals surface area contributed by atoms with Gasteiger partial charge in [0.2, 0.25) is 0 Å². The van der Waals surface area contributed by atoms with Gasteiger partial charge in [0.1, 0.15) is 40.7 Å². The Balaban J connectivity index is 1.68. The van der Waals surface area contributed by atoms with Crippen LogP contribution in [-0.4, -0.2) is 14.2 Å². The zero-order chi connectivity index (χ0) is 23.9. The molecule has 6 heteroatoms. The number of allylic oxidation sites excluding steroid dienone is 1. The van der Waals surface area contributed by atoms with E-state index in [-0.39, 0.29) is 5.57 Å². The fourth-order valence-electron chi connectivity index (χ4n) is 3.50. The first-order chi connectivity index (χ1) is 16.6. The number of rotatable bonds is 7. The van der Waals surface area contributed by atoms with Crippen LogP contribution in [-0.2, 0) is 0 Å². The van der Waals surface area contributed by atoms with Crippen LogP contribution >= 0.6 is 0 Å². The summed E-state index contributed by atoms with van der Waals surface area (Å²) in [6.45, 7) is 0. The fraction of sp³-hybridized carbons (Fsp3) is 0.0714. The Kier molecular flexibility index (Phi) is 6.63. The van der Waals surface area contributed by atoms with Crippen LogP contribution in [0.25, 0.3) is 17.4 Å². The summed E-state index contributed by atoms with van der Waals surface area (Å²) in [5.41, 5.74) is 3.78. The summed E-state index contributed by atoms with van der Waals surface area (Å²) in [5, 5.41) is 17.9. The maximum Gasteiger partial charge on any atom is 0.134 e. The van der Waals surface area contributed by atoms with Crippen LogP contribution in [0.1, 0.15) is 5.76 Å². The topological polar surface area (TPSA) is 82.4 Å². The van der Waals surface area contributed by atoms with Crippen molar-refractivity contribution in [2.24, 2.45) is 0 Å². The lowest BCUT2D eigenvalue weighted by molar-refractivity contribution is 0.415. The summed E-state index contributed by atoms with van der Waals surface area (Å²) >= 11 is 0. The molecular formula is C28H21N3O3. The van der Waals surface area contributed by atoms with Gasteiger partial charge in [-0.05, 0) is 84.9 Å². The number of benzene rings is 3. The molecule has 4 rings (SSSR count). The molecular weight excluding hydrogens is 426 g/mol. The normalized spacial score (nSPS) is 10.0. The summed E-state index contributed by atoms with van der Waals surface area (Å²) in [6, 6.07) is 30.9. The van der Waals surface area contributed by atoms with Crippen molar-refractivity contribution in [3.05, 3.63) is 96.3 Å². The fourth-order valence-corrected chi connectivity index (χ4v) is 3.50. The van der Waals surface area contributed by atoms with Gasteiger partial charge in [-0.1, -0.05) is 0 Å². The highest BCUT2D eigenvalue weighted by atomic mass is 16.5. The van der Waals surface area contributed by atoms with Crippen LogP contribution in [0.4, 0.5) is 17.1 Å². The number of methoxy groups -OCH3 is 2. The van der Waals surface area contributed by atoms with Crippen molar-refractivity contribution >= 4 is 23.1 Å². The molecule has 0 unspecified atom stereocenters. The van der Waals surface area contributed by atoms with Gasteiger partial charge in [0.15, 0.2) is 0 Å². The summed E-state index contributed by atoms with van der Waals surface area (Å²) < 4.78 is 16.4. The van der Waals surface area contributed by atoms with Crippen LogP contribution in [0.5, 0.6) is 11.5 Å². The van der Waals surface area contributed by atoms with Crippen LogP contribution in [0, 0.1) is 22.7 Å². The first kappa shape index (κ1) is 22.3. The first-order valence-electron chi connectivity index (χ1n) is 10.5. The van der Waals surface area contributed by atoms with E-state index in [0.717, 1.165) is 34.1 Å². The third-order valence-corrected chi connectivity index (χ3v) is 5.23. The summed E-state index contributed by atoms with van der Waals surface area (Å²) in [4.78, 5) is 2.13. The average Bonchev–Trinajstić information content (AvgIpc) is 3.37. The van der Waals surface area contributed by atoms with Gasteiger partial charge in [-0.3, -0.25) is 0 Å². The largest absolute Gasteiger partial charge is 0.497 e.